The Labute approximate surface area is 131 Å². The molecule has 0 bridgehead atoms. The molecule has 1 fully saturated rings. The molecule has 1 unspecified atom stereocenters. The minimum atomic E-state index is -0.316. The summed E-state index contributed by atoms with van der Waals surface area (Å²) in [7, 11) is 4.44. The zero-order valence-corrected chi connectivity index (χ0v) is 14.5. The van der Waals surface area contributed by atoms with E-state index in [4.69, 9.17) is 0 Å². The third kappa shape index (κ3) is 6.34. The van der Waals surface area contributed by atoms with E-state index in [-0.39, 0.29) is 5.54 Å². The van der Waals surface area contributed by atoms with Gasteiger partial charge in [0.25, 0.3) is 0 Å². The molecule has 1 aliphatic rings. The van der Waals surface area contributed by atoms with Crippen LogP contribution in [0.2, 0.25) is 0 Å². The van der Waals surface area contributed by atoms with Crippen LogP contribution in [-0.4, -0.2) is 62.2 Å². The van der Waals surface area contributed by atoms with Crippen LogP contribution in [0.25, 0.3) is 0 Å². The van der Waals surface area contributed by atoms with E-state index in [0.29, 0.717) is 0 Å². The quantitative estimate of drug-likeness (QED) is 0.709. The minimum absolute atomic E-state index is 0.316. The second-order valence-corrected chi connectivity index (χ2v) is 6.69. The molecule has 122 valence electrons. The largest absolute Gasteiger partial charge is 0.306 e. The fraction of sp³-hybridized carbons (Fsp3) is 0.941. The lowest BCUT2D eigenvalue weighted by Crippen LogP contribution is -2.44. The Morgan fingerprint density at radius 2 is 2.00 bits per heavy atom. The summed E-state index contributed by atoms with van der Waals surface area (Å²) in [5, 5.41) is 12.8. The maximum absolute atomic E-state index is 9.43. The molecule has 1 aliphatic heterocycles. The van der Waals surface area contributed by atoms with Gasteiger partial charge in [-0.15, -0.1) is 0 Å². The SMILES string of the molecule is CCNC(C#N)(CC)CCCN(C)CC1CCN(C)CC1. The van der Waals surface area contributed by atoms with Crippen molar-refractivity contribution in [2.24, 2.45) is 5.92 Å². The first-order chi connectivity index (χ1) is 10.0. The first-order valence-electron chi connectivity index (χ1n) is 8.58. The molecule has 21 heavy (non-hydrogen) atoms. The number of hydrogen-bond donors (Lipinski definition) is 1. The van der Waals surface area contributed by atoms with E-state index in [9.17, 15) is 5.26 Å². The smallest absolute Gasteiger partial charge is 0.106 e. The second-order valence-electron chi connectivity index (χ2n) is 6.69. The van der Waals surface area contributed by atoms with Crippen molar-refractivity contribution >= 4 is 0 Å². The lowest BCUT2D eigenvalue weighted by molar-refractivity contribution is 0.173. The number of hydrogen-bond acceptors (Lipinski definition) is 4. The van der Waals surface area contributed by atoms with Gasteiger partial charge in [0.1, 0.15) is 5.54 Å². The van der Waals surface area contributed by atoms with Crippen LogP contribution in [0.5, 0.6) is 0 Å². The minimum Gasteiger partial charge on any atom is -0.306 e. The van der Waals surface area contributed by atoms with Crippen LogP contribution >= 0.6 is 0 Å². The van der Waals surface area contributed by atoms with Gasteiger partial charge in [0.2, 0.25) is 0 Å². The molecule has 0 aliphatic carbocycles. The highest BCUT2D eigenvalue weighted by molar-refractivity contribution is 5.05. The Morgan fingerprint density at radius 3 is 2.52 bits per heavy atom. The van der Waals surface area contributed by atoms with E-state index >= 15 is 0 Å². The van der Waals surface area contributed by atoms with Gasteiger partial charge in [-0.1, -0.05) is 13.8 Å². The number of piperidine rings is 1. The van der Waals surface area contributed by atoms with Crippen molar-refractivity contribution in [2.45, 2.75) is 51.5 Å². The summed E-state index contributed by atoms with van der Waals surface area (Å²) in [6, 6.07) is 2.49. The van der Waals surface area contributed by atoms with Gasteiger partial charge in [0.05, 0.1) is 6.07 Å². The molecule has 0 amide bonds. The van der Waals surface area contributed by atoms with E-state index in [0.717, 1.165) is 38.3 Å². The van der Waals surface area contributed by atoms with Crippen molar-refractivity contribution in [2.75, 3.05) is 46.8 Å². The van der Waals surface area contributed by atoms with Crippen LogP contribution in [-0.2, 0) is 0 Å². The molecule has 0 aromatic rings. The Hall–Kier alpha value is -0.630. The van der Waals surface area contributed by atoms with Crippen LogP contribution in [0, 0.1) is 17.2 Å². The summed E-state index contributed by atoms with van der Waals surface area (Å²) in [6.07, 6.45) is 5.59. The fourth-order valence-electron chi connectivity index (χ4n) is 3.33. The Balaban J connectivity index is 2.26. The second kappa shape index (κ2) is 9.40. The van der Waals surface area contributed by atoms with Gasteiger partial charge in [0.15, 0.2) is 0 Å². The molecule has 1 rings (SSSR count). The summed E-state index contributed by atoms with van der Waals surface area (Å²) in [5.41, 5.74) is -0.316. The molecule has 4 heteroatoms. The van der Waals surface area contributed by atoms with Gasteiger partial charge >= 0.3 is 0 Å². The van der Waals surface area contributed by atoms with Crippen molar-refractivity contribution in [1.82, 2.24) is 15.1 Å². The van der Waals surface area contributed by atoms with Gasteiger partial charge in [-0.25, -0.2) is 0 Å². The maximum atomic E-state index is 9.43. The van der Waals surface area contributed by atoms with E-state index in [1.54, 1.807) is 0 Å². The van der Waals surface area contributed by atoms with Gasteiger partial charge in [-0.3, -0.25) is 5.32 Å². The molecule has 1 N–H and O–H groups in total. The Bertz CT molecular complexity index is 317. The van der Waals surface area contributed by atoms with Crippen molar-refractivity contribution in [3.8, 4) is 6.07 Å². The average Bonchev–Trinajstić information content (AvgIpc) is 2.48. The molecule has 4 nitrogen and oxygen atoms in total. The van der Waals surface area contributed by atoms with Crippen LogP contribution in [0.1, 0.15) is 46.0 Å². The predicted molar refractivity (Wildman–Crippen MR) is 89.3 cm³/mol. The van der Waals surface area contributed by atoms with Crippen LogP contribution < -0.4 is 5.32 Å². The molecule has 0 aromatic heterocycles. The van der Waals surface area contributed by atoms with Crippen LogP contribution in [0.15, 0.2) is 0 Å². The summed E-state index contributed by atoms with van der Waals surface area (Å²) < 4.78 is 0. The van der Waals surface area contributed by atoms with E-state index in [2.05, 4.69) is 49.1 Å². The lowest BCUT2D eigenvalue weighted by atomic mass is 9.91. The molecule has 0 radical (unpaired) electrons. The third-order valence-corrected chi connectivity index (χ3v) is 4.88. The summed E-state index contributed by atoms with van der Waals surface area (Å²) in [4.78, 5) is 4.88. The fourth-order valence-corrected chi connectivity index (χ4v) is 3.33. The molecule has 0 aromatic carbocycles. The third-order valence-electron chi connectivity index (χ3n) is 4.88. The molecule has 1 heterocycles. The van der Waals surface area contributed by atoms with Crippen LogP contribution in [0.3, 0.4) is 0 Å². The predicted octanol–water partition coefficient (Wildman–Crippen LogP) is 2.32. The first kappa shape index (κ1) is 18.4. The number of likely N-dealkylation sites (tertiary alicyclic amines) is 1. The van der Waals surface area contributed by atoms with Crippen molar-refractivity contribution in [3.63, 3.8) is 0 Å². The first-order valence-corrected chi connectivity index (χ1v) is 8.58. The lowest BCUT2D eigenvalue weighted by Gasteiger charge is -2.32. The molecule has 1 saturated heterocycles. The normalized spacial score (nSPS) is 20.4. The van der Waals surface area contributed by atoms with Crippen LogP contribution in [0.4, 0.5) is 0 Å². The monoisotopic (exact) mass is 294 g/mol. The number of nitrogens with zero attached hydrogens (tertiary/aromatic N) is 3. The van der Waals surface area contributed by atoms with E-state index in [1.165, 1.54) is 32.5 Å². The van der Waals surface area contributed by atoms with Gasteiger partial charge in [-0.05, 0) is 78.3 Å². The molecule has 0 spiro atoms. The molecular formula is C17H34N4. The van der Waals surface area contributed by atoms with E-state index < -0.39 is 0 Å². The zero-order chi connectivity index (χ0) is 15.7. The average molecular weight is 294 g/mol. The highest BCUT2D eigenvalue weighted by Gasteiger charge is 2.26. The Kier molecular flexibility index (Phi) is 8.24. The van der Waals surface area contributed by atoms with E-state index in [1.807, 2.05) is 0 Å². The molecule has 0 saturated carbocycles. The molecular weight excluding hydrogens is 260 g/mol. The topological polar surface area (TPSA) is 42.3 Å². The summed E-state index contributed by atoms with van der Waals surface area (Å²) in [6.45, 7) is 9.84. The highest BCUT2D eigenvalue weighted by atomic mass is 15.1. The maximum Gasteiger partial charge on any atom is 0.106 e. The van der Waals surface area contributed by atoms with Gasteiger partial charge in [0, 0.05) is 6.54 Å². The van der Waals surface area contributed by atoms with Gasteiger partial charge in [-0.2, -0.15) is 5.26 Å². The standard InChI is InChI=1S/C17H34N4/c1-5-17(15-18,19-6-2)10-7-11-21(4)14-16-8-12-20(3)13-9-16/h16,19H,5-14H2,1-4H3. The number of rotatable bonds is 9. The van der Waals surface area contributed by atoms with Crippen molar-refractivity contribution < 1.29 is 0 Å². The summed E-state index contributed by atoms with van der Waals surface area (Å²) in [5.74, 6) is 0.854. The zero-order valence-electron chi connectivity index (χ0n) is 14.5. The number of nitrogens with one attached hydrogen (secondary N) is 1. The molecule has 1 atom stereocenters. The number of nitriles is 1. The van der Waals surface area contributed by atoms with Gasteiger partial charge < -0.3 is 9.80 Å². The highest BCUT2D eigenvalue weighted by Crippen LogP contribution is 2.19. The summed E-state index contributed by atoms with van der Waals surface area (Å²) >= 11 is 0. The van der Waals surface area contributed by atoms with Crippen molar-refractivity contribution in [1.29, 1.82) is 5.26 Å². The Morgan fingerprint density at radius 1 is 1.33 bits per heavy atom. The van der Waals surface area contributed by atoms with Crippen molar-refractivity contribution in [3.05, 3.63) is 0 Å².